The maximum absolute atomic E-state index is 13.4. The Kier molecular flexibility index (Phi) is 5.66. The van der Waals surface area contributed by atoms with Crippen LogP contribution in [0.25, 0.3) is 0 Å². The number of likely N-dealkylation sites (N-methyl/N-ethyl adjacent to an activating group) is 1. The Balaban J connectivity index is 1.48. The molecule has 0 saturated carbocycles. The largest absolute Gasteiger partial charge is 0.354 e. The first-order valence-electron chi connectivity index (χ1n) is 10.3. The molecule has 4 heterocycles. The van der Waals surface area contributed by atoms with Gasteiger partial charge in [-0.15, -0.1) is 0 Å². The van der Waals surface area contributed by atoms with Crippen LogP contribution in [0, 0.1) is 5.41 Å². The van der Waals surface area contributed by atoms with E-state index in [-0.39, 0.29) is 24.3 Å². The summed E-state index contributed by atoms with van der Waals surface area (Å²) in [4.78, 5) is 30.6. The first-order chi connectivity index (χ1) is 14.1. The van der Waals surface area contributed by atoms with E-state index in [0.717, 1.165) is 38.0 Å². The monoisotopic (exact) mass is 399 g/mol. The highest BCUT2D eigenvalue weighted by molar-refractivity contribution is 5.86. The second kappa shape index (κ2) is 8.36. The van der Waals surface area contributed by atoms with Gasteiger partial charge in [0.05, 0.1) is 24.4 Å². The molecular formula is C20H29N7O2. The van der Waals surface area contributed by atoms with Gasteiger partial charge in [-0.2, -0.15) is 10.2 Å². The van der Waals surface area contributed by atoms with E-state index in [9.17, 15) is 9.59 Å². The van der Waals surface area contributed by atoms with E-state index in [1.807, 2.05) is 27.9 Å². The van der Waals surface area contributed by atoms with Crippen LogP contribution in [0.3, 0.4) is 0 Å². The number of carbonyl (C=O) groups excluding carboxylic acids is 2. The summed E-state index contributed by atoms with van der Waals surface area (Å²) in [7, 11) is 2.06. The van der Waals surface area contributed by atoms with Gasteiger partial charge in [0.15, 0.2) is 0 Å². The van der Waals surface area contributed by atoms with Crippen molar-refractivity contribution in [3.8, 4) is 0 Å². The van der Waals surface area contributed by atoms with Gasteiger partial charge in [-0.25, -0.2) is 0 Å². The molecule has 156 valence electrons. The third-order valence-corrected chi connectivity index (χ3v) is 6.32. The van der Waals surface area contributed by atoms with Gasteiger partial charge in [-0.3, -0.25) is 19.4 Å². The molecule has 0 bridgehead atoms. The average molecular weight is 399 g/mol. The highest BCUT2D eigenvalue weighted by atomic mass is 16.2. The summed E-state index contributed by atoms with van der Waals surface area (Å²) in [6.07, 6.45) is 8.02. The normalized spacial score (nSPS) is 24.9. The number of amides is 2. The second-order valence-electron chi connectivity index (χ2n) is 8.16. The van der Waals surface area contributed by atoms with Crippen LogP contribution in [0.15, 0.2) is 30.7 Å². The minimum Gasteiger partial charge on any atom is -0.354 e. The molecule has 0 unspecified atom stereocenters. The van der Waals surface area contributed by atoms with Gasteiger partial charge >= 0.3 is 0 Å². The number of nitrogens with zero attached hydrogens (tertiary/aromatic N) is 5. The number of fused-ring (bicyclic) bond motifs is 1. The van der Waals surface area contributed by atoms with E-state index in [1.165, 1.54) is 0 Å². The first kappa shape index (κ1) is 19.6. The van der Waals surface area contributed by atoms with Crippen molar-refractivity contribution in [1.29, 1.82) is 0 Å². The number of rotatable bonds is 6. The summed E-state index contributed by atoms with van der Waals surface area (Å²) in [6.45, 7) is 3.47. The van der Waals surface area contributed by atoms with Crippen LogP contribution in [-0.2, 0) is 22.6 Å². The second-order valence-corrected chi connectivity index (χ2v) is 8.16. The molecule has 9 nitrogen and oxygen atoms in total. The molecule has 2 aromatic rings. The van der Waals surface area contributed by atoms with Crippen LogP contribution in [-0.4, -0.2) is 80.9 Å². The third kappa shape index (κ3) is 4.05. The van der Waals surface area contributed by atoms with Crippen molar-refractivity contribution in [2.45, 2.75) is 38.3 Å². The number of carbonyl (C=O) groups is 2. The van der Waals surface area contributed by atoms with E-state index in [2.05, 4.69) is 32.6 Å². The highest BCUT2D eigenvalue weighted by Gasteiger charge is 2.53. The fourth-order valence-electron chi connectivity index (χ4n) is 4.74. The molecule has 2 amide bonds. The van der Waals surface area contributed by atoms with Crippen LogP contribution in [0.5, 0.6) is 0 Å². The lowest BCUT2D eigenvalue weighted by Gasteiger charge is -2.53. The van der Waals surface area contributed by atoms with Gasteiger partial charge in [-0.05, 0) is 45.0 Å². The Bertz CT molecular complexity index is 820. The molecule has 0 aliphatic carbocycles. The first-order valence-corrected chi connectivity index (χ1v) is 10.3. The predicted octanol–water partition coefficient (Wildman–Crippen LogP) is 0.278. The van der Waals surface area contributed by atoms with E-state index in [0.29, 0.717) is 19.6 Å². The lowest BCUT2D eigenvalue weighted by Crippen LogP contribution is -2.66. The number of nitrogens with one attached hydrogen (secondary N) is 2. The molecule has 29 heavy (non-hydrogen) atoms. The molecule has 0 radical (unpaired) electrons. The molecule has 0 spiro atoms. The van der Waals surface area contributed by atoms with Gasteiger partial charge in [0, 0.05) is 43.9 Å². The van der Waals surface area contributed by atoms with E-state index in [1.54, 1.807) is 12.4 Å². The van der Waals surface area contributed by atoms with Crippen LogP contribution in [0.2, 0.25) is 0 Å². The number of hydrogen-bond donors (Lipinski definition) is 2. The summed E-state index contributed by atoms with van der Waals surface area (Å²) < 4.78 is 1.81. The van der Waals surface area contributed by atoms with Crippen molar-refractivity contribution in [3.05, 3.63) is 36.4 Å². The molecule has 2 fully saturated rings. The van der Waals surface area contributed by atoms with Gasteiger partial charge in [0.25, 0.3) is 0 Å². The molecule has 2 atom stereocenters. The zero-order valence-electron chi connectivity index (χ0n) is 16.9. The maximum atomic E-state index is 13.4. The maximum Gasteiger partial charge on any atom is 0.228 e. The predicted molar refractivity (Wildman–Crippen MR) is 107 cm³/mol. The molecule has 4 rings (SSSR count). The molecular weight excluding hydrogens is 370 g/mol. The smallest absolute Gasteiger partial charge is 0.228 e. The molecule has 0 aromatic carbocycles. The summed E-state index contributed by atoms with van der Waals surface area (Å²) in [5, 5.41) is 14.1. The van der Waals surface area contributed by atoms with Crippen molar-refractivity contribution < 1.29 is 9.59 Å². The van der Waals surface area contributed by atoms with Crippen molar-refractivity contribution >= 4 is 11.8 Å². The van der Waals surface area contributed by atoms with Crippen LogP contribution in [0.4, 0.5) is 0 Å². The number of H-pyrrole nitrogens is 1. The average Bonchev–Trinajstić information content (AvgIpc) is 3.41. The minimum atomic E-state index is -0.515. The summed E-state index contributed by atoms with van der Waals surface area (Å²) in [5.74, 6) is 0.129. The van der Waals surface area contributed by atoms with E-state index < -0.39 is 5.41 Å². The number of hydrogen-bond acceptors (Lipinski definition) is 5. The Hall–Kier alpha value is -2.68. The Morgan fingerprint density at radius 2 is 2.21 bits per heavy atom. The van der Waals surface area contributed by atoms with Gasteiger partial charge in [0.1, 0.15) is 0 Å². The molecule has 9 heteroatoms. The molecule has 2 aliphatic heterocycles. The summed E-state index contributed by atoms with van der Waals surface area (Å²) in [5.41, 5.74) is 0.289. The summed E-state index contributed by atoms with van der Waals surface area (Å²) in [6, 6.07) is 3.59. The van der Waals surface area contributed by atoms with Crippen molar-refractivity contribution in [2.75, 3.05) is 33.2 Å². The molecule has 2 aliphatic rings. The Labute approximate surface area is 170 Å². The van der Waals surface area contributed by atoms with Crippen LogP contribution in [0.1, 0.15) is 25.0 Å². The quantitative estimate of drug-likeness (QED) is 0.727. The molecule has 2 saturated heterocycles. The number of piperidine rings is 2. The van der Waals surface area contributed by atoms with E-state index in [4.69, 9.17) is 0 Å². The molecule has 2 aromatic heterocycles. The standard InChI is InChI=1S/C20H29N7O2/c1-25-12-6-20(19(29)21-9-13-26-10-3-7-23-26)5-2-11-27(17(20)15-25)18(28)14-16-4-8-22-24-16/h3-4,7-8,10,17H,2,5-6,9,11-15H2,1H3,(H,21,29)(H,22,24)/t17-,20+/m0/s1. The fourth-order valence-corrected chi connectivity index (χ4v) is 4.74. The van der Waals surface area contributed by atoms with Gasteiger partial charge in [0.2, 0.25) is 11.8 Å². The number of aromatic amines is 1. The summed E-state index contributed by atoms with van der Waals surface area (Å²) >= 11 is 0. The molecule has 2 N–H and O–H groups in total. The van der Waals surface area contributed by atoms with Crippen molar-refractivity contribution in [2.24, 2.45) is 5.41 Å². The SMILES string of the molecule is CN1CC[C@]2(C(=O)NCCn3cccn3)CCCN(C(=O)Cc3ccn[nH]3)[C@H]2C1. The zero-order valence-corrected chi connectivity index (χ0v) is 16.9. The van der Waals surface area contributed by atoms with E-state index >= 15 is 0 Å². The Morgan fingerprint density at radius 1 is 1.31 bits per heavy atom. The van der Waals surface area contributed by atoms with Gasteiger partial charge in [-0.1, -0.05) is 0 Å². The number of aromatic nitrogens is 4. The zero-order chi connectivity index (χ0) is 20.3. The van der Waals surface area contributed by atoms with Gasteiger partial charge < -0.3 is 15.1 Å². The lowest BCUT2D eigenvalue weighted by molar-refractivity contribution is -0.153. The highest BCUT2D eigenvalue weighted by Crippen LogP contribution is 2.42. The van der Waals surface area contributed by atoms with Crippen LogP contribution < -0.4 is 5.32 Å². The fraction of sp³-hybridized carbons (Fsp3) is 0.600. The van der Waals surface area contributed by atoms with Crippen molar-refractivity contribution in [1.82, 2.24) is 35.1 Å². The minimum absolute atomic E-state index is 0.0583. The van der Waals surface area contributed by atoms with Crippen molar-refractivity contribution in [3.63, 3.8) is 0 Å². The Morgan fingerprint density at radius 3 is 2.97 bits per heavy atom. The topological polar surface area (TPSA) is 99.2 Å². The van der Waals surface area contributed by atoms with Crippen LogP contribution >= 0.6 is 0 Å². The third-order valence-electron chi connectivity index (χ3n) is 6.32. The number of likely N-dealkylation sites (tertiary alicyclic amines) is 2. The lowest BCUT2D eigenvalue weighted by atomic mass is 9.67.